The Morgan fingerprint density at radius 3 is 2.65 bits per heavy atom. The van der Waals surface area contributed by atoms with Gasteiger partial charge in [-0.1, -0.05) is 36.4 Å². The second-order valence-corrected chi connectivity index (χ2v) is 6.56. The van der Waals surface area contributed by atoms with Crippen molar-refractivity contribution in [2.75, 3.05) is 13.1 Å². The molecule has 6 nitrogen and oxygen atoms in total. The minimum atomic E-state index is -0.837. The molecule has 2 heterocycles. The molecule has 1 aromatic carbocycles. The number of hydrogen-bond donors (Lipinski definition) is 2. The number of aliphatic carboxylic acids is 1. The summed E-state index contributed by atoms with van der Waals surface area (Å²) in [5, 5.41) is 12.3. The number of rotatable bonds is 5. The number of nitrogens with zero attached hydrogens (tertiary/aromatic N) is 2. The van der Waals surface area contributed by atoms with Crippen molar-refractivity contribution in [1.82, 2.24) is 15.2 Å². The van der Waals surface area contributed by atoms with Gasteiger partial charge >= 0.3 is 12.0 Å². The van der Waals surface area contributed by atoms with Crippen LogP contribution in [-0.4, -0.2) is 40.1 Å². The molecule has 6 heteroatoms. The molecule has 136 valence electrons. The topological polar surface area (TPSA) is 82.5 Å². The number of carbonyl (C=O) groups is 2. The molecule has 3 rings (SSSR count). The van der Waals surface area contributed by atoms with Crippen LogP contribution in [0.25, 0.3) is 0 Å². The molecule has 0 aliphatic carbocycles. The van der Waals surface area contributed by atoms with Crippen LogP contribution in [0.1, 0.15) is 30.1 Å². The van der Waals surface area contributed by atoms with E-state index < -0.39 is 11.9 Å². The van der Waals surface area contributed by atoms with E-state index in [1.807, 2.05) is 48.5 Å². The fourth-order valence-corrected chi connectivity index (χ4v) is 3.27. The van der Waals surface area contributed by atoms with Gasteiger partial charge in [0.1, 0.15) is 0 Å². The Balaban J connectivity index is 1.72. The molecule has 2 atom stereocenters. The minimum absolute atomic E-state index is 0.219. The fraction of sp³-hybridized carbons (Fsp3) is 0.350. The lowest BCUT2D eigenvalue weighted by molar-refractivity contribution is -0.143. The Kier molecular flexibility index (Phi) is 5.84. The molecule has 26 heavy (non-hydrogen) atoms. The van der Waals surface area contributed by atoms with Crippen LogP contribution in [-0.2, 0) is 11.2 Å². The van der Waals surface area contributed by atoms with Crippen LogP contribution < -0.4 is 5.32 Å². The number of hydrogen-bond acceptors (Lipinski definition) is 3. The molecule has 2 amide bonds. The van der Waals surface area contributed by atoms with Gasteiger partial charge in [-0.3, -0.25) is 9.78 Å². The zero-order valence-corrected chi connectivity index (χ0v) is 14.5. The number of aromatic nitrogens is 1. The molecule has 1 fully saturated rings. The zero-order chi connectivity index (χ0) is 18.4. The van der Waals surface area contributed by atoms with Crippen molar-refractivity contribution < 1.29 is 14.7 Å². The number of carboxylic acids is 1. The van der Waals surface area contributed by atoms with Crippen molar-refractivity contribution in [3.8, 4) is 0 Å². The maximum atomic E-state index is 12.7. The monoisotopic (exact) mass is 353 g/mol. The minimum Gasteiger partial charge on any atom is -0.481 e. The molecular weight excluding hydrogens is 330 g/mol. The molecule has 2 N–H and O–H groups in total. The number of pyridine rings is 1. The Labute approximate surface area is 152 Å². The predicted molar refractivity (Wildman–Crippen MR) is 97.6 cm³/mol. The molecule has 2 aromatic rings. The van der Waals surface area contributed by atoms with Crippen LogP contribution in [0.2, 0.25) is 0 Å². The number of carbonyl (C=O) groups excluding carboxylic acids is 1. The Hall–Kier alpha value is -2.89. The normalized spacial score (nSPS) is 18.2. The number of benzene rings is 1. The molecule has 0 unspecified atom stereocenters. The first-order valence-corrected chi connectivity index (χ1v) is 8.86. The number of likely N-dealkylation sites (tertiary alicyclic amines) is 1. The van der Waals surface area contributed by atoms with E-state index in [9.17, 15) is 14.7 Å². The summed E-state index contributed by atoms with van der Waals surface area (Å²) in [7, 11) is 0. The first kappa shape index (κ1) is 17.9. The van der Waals surface area contributed by atoms with Crippen molar-refractivity contribution >= 4 is 12.0 Å². The second-order valence-electron chi connectivity index (χ2n) is 6.56. The molecular formula is C20H23N3O3. The van der Waals surface area contributed by atoms with Gasteiger partial charge in [0, 0.05) is 31.4 Å². The van der Waals surface area contributed by atoms with E-state index in [2.05, 4.69) is 10.3 Å². The lowest BCUT2D eigenvalue weighted by Crippen LogP contribution is -2.48. The van der Waals surface area contributed by atoms with E-state index in [0.29, 0.717) is 25.8 Å². The average molecular weight is 353 g/mol. The summed E-state index contributed by atoms with van der Waals surface area (Å²) in [5.41, 5.74) is 1.89. The van der Waals surface area contributed by atoms with Gasteiger partial charge in [0.15, 0.2) is 0 Å². The van der Waals surface area contributed by atoms with Gasteiger partial charge in [0.25, 0.3) is 0 Å². The van der Waals surface area contributed by atoms with E-state index >= 15 is 0 Å². The molecule has 0 bridgehead atoms. The number of piperidine rings is 1. The smallest absolute Gasteiger partial charge is 0.317 e. The van der Waals surface area contributed by atoms with E-state index in [0.717, 1.165) is 11.3 Å². The highest BCUT2D eigenvalue weighted by Crippen LogP contribution is 2.20. The lowest BCUT2D eigenvalue weighted by atomic mass is 9.98. The highest BCUT2D eigenvalue weighted by atomic mass is 16.4. The van der Waals surface area contributed by atoms with Gasteiger partial charge in [-0.15, -0.1) is 0 Å². The van der Waals surface area contributed by atoms with Crippen molar-refractivity contribution in [3.05, 3.63) is 66.0 Å². The van der Waals surface area contributed by atoms with Crippen LogP contribution in [0.15, 0.2) is 54.7 Å². The lowest BCUT2D eigenvalue weighted by Gasteiger charge is -2.32. The van der Waals surface area contributed by atoms with Crippen LogP contribution in [0.4, 0.5) is 4.79 Å². The van der Waals surface area contributed by atoms with E-state index in [-0.39, 0.29) is 18.6 Å². The average Bonchev–Trinajstić information content (AvgIpc) is 2.69. The summed E-state index contributed by atoms with van der Waals surface area (Å²) in [6.07, 6.45) is 3.64. The third-order valence-electron chi connectivity index (χ3n) is 4.70. The molecule has 0 spiro atoms. The van der Waals surface area contributed by atoms with Crippen molar-refractivity contribution in [2.24, 2.45) is 5.92 Å². The van der Waals surface area contributed by atoms with E-state index in [1.165, 1.54) is 0 Å². The highest BCUT2D eigenvalue weighted by molar-refractivity contribution is 5.77. The van der Waals surface area contributed by atoms with Gasteiger partial charge in [0.2, 0.25) is 0 Å². The van der Waals surface area contributed by atoms with Gasteiger partial charge in [-0.2, -0.15) is 0 Å². The third kappa shape index (κ3) is 4.59. The van der Waals surface area contributed by atoms with E-state index in [1.54, 1.807) is 11.1 Å². The summed E-state index contributed by atoms with van der Waals surface area (Å²) in [6, 6.07) is 15.0. The fourth-order valence-electron chi connectivity index (χ4n) is 3.27. The summed E-state index contributed by atoms with van der Waals surface area (Å²) >= 11 is 0. The quantitative estimate of drug-likeness (QED) is 0.866. The number of nitrogens with one attached hydrogen (secondary N) is 1. The third-order valence-corrected chi connectivity index (χ3v) is 4.70. The predicted octanol–water partition coefficient (Wildman–Crippen LogP) is 2.87. The van der Waals surface area contributed by atoms with Gasteiger partial charge in [-0.25, -0.2) is 4.79 Å². The van der Waals surface area contributed by atoms with Crippen LogP contribution in [0.3, 0.4) is 0 Å². The zero-order valence-electron chi connectivity index (χ0n) is 14.5. The molecule has 0 radical (unpaired) electrons. The summed E-state index contributed by atoms with van der Waals surface area (Å²) in [4.78, 5) is 29.9. The van der Waals surface area contributed by atoms with Crippen LogP contribution in [0, 0.1) is 5.92 Å². The SMILES string of the molecule is O=C(O)[C@H]1CCCN(C(=O)N[C@H](Cc2ccccn2)c2ccccc2)C1. The van der Waals surface area contributed by atoms with Crippen LogP contribution in [0.5, 0.6) is 0 Å². The first-order valence-electron chi connectivity index (χ1n) is 8.86. The van der Waals surface area contributed by atoms with Crippen molar-refractivity contribution in [2.45, 2.75) is 25.3 Å². The van der Waals surface area contributed by atoms with Crippen molar-refractivity contribution in [1.29, 1.82) is 0 Å². The Morgan fingerprint density at radius 1 is 1.19 bits per heavy atom. The molecule has 1 aromatic heterocycles. The largest absolute Gasteiger partial charge is 0.481 e. The molecule has 1 aliphatic rings. The number of amides is 2. The first-order chi connectivity index (χ1) is 12.6. The van der Waals surface area contributed by atoms with E-state index in [4.69, 9.17) is 0 Å². The summed E-state index contributed by atoms with van der Waals surface area (Å²) in [5.74, 6) is -1.32. The van der Waals surface area contributed by atoms with Gasteiger partial charge in [-0.05, 0) is 30.5 Å². The Morgan fingerprint density at radius 2 is 1.96 bits per heavy atom. The second kappa shape index (κ2) is 8.47. The standard InChI is InChI=1S/C20H23N3O3/c24-19(25)16-9-6-12-23(14-16)20(26)22-18(15-7-2-1-3-8-15)13-17-10-4-5-11-21-17/h1-5,7-8,10-11,16,18H,6,9,12-14H2,(H,22,26)(H,24,25)/t16-,18+/m0/s1. The molecule has 1 saturated heterocycles. The summed E-state index contributed by atoms with van der Waals surface area (Å²) < 4.78 is 0. The molecule has 1 aliphatic heterocycles. The summed E-state index contributed by atoms with van der Waals surface area (Å²) in [6.45, 7) is 0.840. The maximum Gasteiger partial charge on any atom is 0.317 e. The molecule has 0 saturated carbocycles. The highest BCUT2D eigenvalue weighted by Gasteiger charge is 2.29. The van der Waals surface area contributed by atoms with Gasteiger partial charge in [0.05, 0.1) is 12.0 Å². The van der Waals surface area contributed by atoms with Crippen LogP contribution >= 0.6 is 0 Å². The number of carboxylic acid groups (broad SMARTS) is 1. The maximum absolute atomic E-state index is 12.7. The van der Waals surface area contributed by atoms with Gasteiger partial charge < -0.3 is 15.3 Å². The Bertz CT molecular complexity index is 736. The van der Waals surface area contributed by atoms with Crippen molar-refractivity contribution in [3.63, 3.8) is 0 Å². The number of urea groups is 1.